The molecule has 16 heavy (non-hydrogen) atoms. The van der Waals surface area contributed by atoms with Crippen molar-refractivity contribution >= 4 is 45.1 Å². The summed E-state index contributed by atoms with van der Waals surface area (Å²) in [5, 5.41) is 13.5. The number of nitrogens with zero attached hydrogens (tertiary/aromatic N) is 1. The molecule has 0 aromatic carbocycles. The Balaban J connectivity index is 2.61. The number of anilines is 1. The average Bonchev–Trinajstić information content (AvgIpc) is 2.16. The van der Waals surface area contributed by atoms with Gasteiger partial charge in [-0.3, -0.25) is 0 Å². The zero-order valence-corrected chi connectivity index (χ0v) is 12.3. The molecule has 0 amide bonds. The molecule has 0 spiro atoms. The van der Waals surface area contributed by atoms with E-state index in [1.807, 2.05) is 6.26 Å². The summed E-state index contributed by atoms with van der Waals surface area (Å²) < 4.78 is 0.832. The molecule has 3 nitrogen and oxygen atoms in total. The highest BCUT2D eigenvalue weighted by Gasteiger charge is 2.19. The van der Waals surface area contributed by atoms with E-state index in [4.69, 9.17) is 11.6 Å². The summed E-state index contributed by atoms with van der Waals surface area (Å²) in [7, 11) is 0. The van der Waals surface area contributed by atoms with Crippen LogP contribution in [0.25, 0.3) is 0 Å². The second-order valence-corrected chi connectivity index (χ2v) is 5.96. The monoisotopic (exact) mass is 324 g/mol. The first-order valence-electron chi connectivity index (χ1n) is 4.71. The normalized spacial score (nSPS) is 14.6. The summed E-state index contributed by atoms with van der Waals surface area (Å²) in [6, 6.07) is 1.76. The van der Waals surface area contributed by atoms with E-state index in [1.165, 1.54) is 0 Å². The summed E-state index contributed by atoms with van der Waals surface area (Å²) in [5.41, 5.74) is -0.766. The van der Waals surface area contributed by atoms with Gasteiger partial charge in [-0.05, 0) is 35.2 Å². The average molecular weight is 326 g/mol. The van der Waals surface area contributed by atoms with Crippen LogP contribution in [0.3, 0.4) is 0 Å². The Bertz CT molecular complexity index is 363. The molecule has 0 aliphatic heterocycles. The molecule has 1 atom stereocenters. The van der Waals surface area contributed by atoms with Gasteiger partial charge in [0.25, 0.3) is 0 Å². The molecule has 0 aliphatic rings. The van der Waals surface area contributed by atoms with Crippen LogP contribution in [0.15, 0.2) is 16.7 Å². The highest BCUT2D eigenvalue weighted by molar-refractivity contribution is 9.10. The number of hydrogen-bond acceptors (Lipinski definition) is 4. The Labute approximate surface area is 113 Å². The lowest BCUT2D eigenvalue weighted by Crippen LogP contribution is -2.36. The largest absolute Gasteiger partial charge is 0.387 e. The molecule has 1 rings (SSSR count). The number of halogens is 2. The zero-order chi connectivity index (χ0) is 12.2. The van der Waals surface area contributed by atoms with Gasteiger partial charge in [0.05, 0.1) is 10.6 Å². The number of nitrogens with one attached hydrogen (secondary N) is 1. The number of thioether (sulfide) groups is 1. The molecule has 90 valence electrons. The fraction of sp³-hybridized carbons (Fsp3) is 0.500. The number of pyridine rings is 1. The van der Waals surface area contributed by atoms with Crippen molar-refractivity contribution in [3.05, 3.63) is 21.8 Å². The molecule has 1 heterocycles. The summed E-state index contributed by atoms with van der Waals surface area (Å²) in [5.74, 6) is 1.25. The quantitative estimate of drug-likeness (QED) is 0.873. The summed E-state index contributed by atoms with van der Waals surface area (Å²) in [6.45, 7) is 2.20. The van der Waals surface area contributed by atoms with Gasteiger partial charge in [0, 0.05) is 23.0 Å². The van der Waals surface area contributed by atoms with Gasteiger partial charge < -0.3 is 10.4 Å². The van der Waals surface area contributed by atoms with E-state index in [2.05, 4.69) is 26.2 Å². The van der Waals surface area contributed by atoms with Gasteiger partial charge in [-0.15, -0.1) is 0 Å². The van der Waals surface area contributed by atoms with Crippen molar-refractivity contribution in [2.24, 2.45) is 0 Å². The standard InChI is InChI=1S/C10H14BrClN2OS/c1-10(15,6-16-2)5-14-9-8(12)3-7(11)4-13-9/h3-4,15H,5-6H2,1-2H3,(H,13,14). The number of rotatable bonds is 5. The second-order valence-electron chi connectivity index (χ2n) is 3.77. The molecule has 0 fully saturated rings. The van der Waals surface area contributed by atoms with E-state index in [9.17, 15) is 5.11 Å². The van der Waals surface area contributed by atoms with E-state index >= 15 is 0 Å². The Morgan fingerprint density at radius 1 is 1.69 bits per heavy atom. The van der Waals surface area contributed by atoms with Gasteiger partial charge in [-0.25, -0.2) is 4.98 Å². The molecule has 6 heteroatoms. The van der Waals surface area contributed by atoms with E-state index in [1.54, 1.807) is 30.9 Å². The van der Waals surface area contributed by atoms with Crippen molar-refractivity contribution < 1.29 is 5.11 Å². The van der Waals surface area contributed by atoms with Crippen LogP contribution in [-0.2, 0) is 0 Å². The third-order valence-corrected chi connectivity index (χ3v) is 3.53. The van der Waals surface area contributed by atoms with Gasteiger partial charge >= 0.3 is 0 Å². The molecule has 1 aromatic heterocycles. The predicted octanol–water partition coefficient (Wildman–Crippen LogP) is 3.02. The SMILES string of the molecule is CSCC(C)(O)CNc1ncc(Br)cc1Cl. The van der Waals surface area contributed by atoms with Crippen LogP contribution >= 0.6 is 39.3 Å². The first-order chi connectivity index (χ1) is 7.44. The Morgan fingerprint density at radius 3 is 2.94 bits per heavy atom. The smallest absolute Gasteiger partial charge is 0.144 e. The highest BCUT2D eigenvalue weighted by atomic mass is 79.9. The molecule has 2 N–H and O–H groups in total. The van der Waals surface area contributed by atoms with E-state index in [0.717, 1.165) is 4.47 Å². The fourth-order valence-electron chi connectivity index (χ4n) is 1.18. The predicted molar refractivity (Wildman–Crippen MR) is 74.4 cm³/mol. The lowest BCUT2D eigenvalue weighted by atomic mass is 10.1. The molecule has 1 unspecified atom stereocenters. The maximum absolute atomic E-state index is 9.96. The van der Waals surface area contributed by atoms with E-state index in [-0.39, 0.29) is 0 Å². The van der Waals surface area contributed by atoms with Crippen LogP contribution in [0.4, 0.5) is 5.82 Å². The van der Waals surface area contributed by atoms with Crippen molar-refractivity contribution in [1.29, 1.82) is 0 Å². The van der Waals surface area contributed by atoms with Gasteiger partial charge in [0.15, 0.2) is 0 Å². The van der Waals surface area contributed by atoms with E-state index in [0.29, 0.717) is 23.1 Å². The fourth-order valence-corrected chi connectivity index (χ4v) is 2.60. The topological polar surface area (TPSA) is 45.1 Å². The van der Waals surface area contributed by atoms with Crippen LogP contribution in [0.2, 0.25) is 5.02 Å². The third kappa shape index (κ3) is 4.49. The first-order valence-corrected chi connectivity index (χ1v) is 7.27. The van der Waals surface area contributed by atoms with Gasteiger partial charge in [0.2, 0.25) is 0 Å². The van der Waals surface area contributed by atoms with Gasteiger partial charge in [-0.1, -0.05) is 11.6 Å². The van der Waals surface area contributed by atoms with Crippen LogP contribution in [-0.4, -0.2) is 34.2 Å². The van der Waals surface area contributed by atoms with Crippen LogP contribution in [0.1, 0.15) is 6.92 Å². The number of aromatic nitrogens is 1. The lowest BCUT2D eigenvalue weighted by molar-refractivity contribution is 0.0996. The molecule has 0 saturated heterocycles. The maximum Gasteiger partial charge on any atom is 0.144 e. The Morgan fingerprint density at radius 2 is 2.38 bits per heavy atom. The number of aliphatic hydroxyl groups is 1. The van der Waals surface area contributed by atoms with Crippen LogP contribution < -0.4 is 5.32 Å². The van der Waals surface area contributed by atoms with Gasteiger partial charge in [0.1, 0.15) is 5.82 Å². The molecule has 1 aromatic rings. The van der Waals surface area contributed by atoms with Crippen LogP contribution in [0.5, 0.6) is 0 Å². The lowest BCUT2D eigenvalue weighted by Gasteiger charge is -2.23. The molecule has 0 aliphatic carbocycles. The minimum atomic E-state index is -0.766. The van der Waals surface area contributed by atoms with Crippen molar-refractivity contribution in [1.82, 2.24) is 4.98 Å². The Kier molecular flexibility index (Phi) is 5.37. The zero-order valence-electron chi connectivity index (χ0n) is 9.13. The molecular formula is C10H14BrClN2OS. The Hall–Kier alpha value is 0.0300. The minimum absolute atomic E-state index is 0.419. The van der Waals surface area contributed by atoms with Crippen molar-refractivity contribution in [2.75, 3.05) is 23.9 Å². The third-order valence-electron chi connectivity index (χ3n) is 1.90. The minimum Gasteiger partial charge on any atom is -0.387 e. The van der Waals surface area contributed by atoms with Gasteiger partial charge in [-0.2, -0.15) is 11.8 Å². The molecule has 0 bridgehead atoms. The van der Waals surface area contributed by atoms with Crippen LogP contribution in [0, 0.1) is 0 Å². The summed E-state index contributed by atoms with van der Waals surface area (Å²) in [4.78, 5) is 4.13. The first kappa shape index (κ1) is 14.1. The van der Waals surface area contributed by atoms with E-state index < -0.39 is 5.60 Å². The molecule has 0 radical (unpaired) electrons. The van der Waals surface area contributed by atoms with Crippen molar-refractivity contribution in [3.8, 4) is 0 Å². The maximum atomic E-state index is 9.96. The van der Waals surface area contributed by atoms with Crippen molar-refractivity contribution in [2.45, 2.75) is 12.5 Å². The summed E-state index contributed by atoms with van der Waals surface area (Å²) in [6.07, 6.45) is 3.62. The molecular weight excluding hydrogens is 312 g/mol. The second kappa shape index (κ2) is 6.10. The molecule has 0 saturated carbocycles. The highest BCUT2D eigenvalue weighted by Crippen LogP contribution is 2.23. The summed E-state index contributed by atoms with van der Waals surface area (Å²) >= 11 is 10.9. The number of hydrogen-bond donors (Lipinski definition) is 2. The van der Waals surface area contributed by atoms with Crippen molar-refractivity contribution in [3.63, 3.8) is 0 Å².